The third kappa shape index (κ3) is 5.06. The quantitative estimate of drug-likeness (QED) is 0.797. The predicted molar refractivity (Wildman–Crippen MR) is 91.8 cm³/mol. The van der Waals surface area contributed by atoms with E-state index in [1.807, 2.05) is 24.1 Å². The molecule has 0 aliphatic carbocycles. The summed E-state index contributed by atoms with van der Waals surface area (Å²) in [7, 11) is 0. The molecule has 2 rings (SSSR count). The minimum Gasteiger partial charge on any atom is -0.456 e. The maximum Gasteiger partial charge on any atom is 0.308 e. The Kier molecular flexibility index (Phi) is 6.78. The van der Waals surface area contributed by atoms with Crippen LogP contribution in [-0.4, -0.2) is 47.9 Å². The Labute approximate surface area is 146 Å². The molecule has 7 heteroatoms. The number of thiophene rings is 1. The number of hydrogen-bond donors (Lipinski definition) is 1. The lowest BCUT2D eigenvalue weighted by atomic mass is 9.97. The van der Waals surface area contributed by atoms with E-state index in [4.69, 9.17) is 4.74 Å². The number of rotatable bonds is 6. The van der Waals surface area contributed by atoms with Crippen LogP contribution in [0.25, 0.3) is 0 Å². The molecule has 1 aliphatic rings. The van der Waals surface area contributed by atoms with E-state index in [1.165, 1.54) is 11.3 Å². The van der Waals surface area contributed by atoms with E-state index in [9.17, 15) is 14.4 Å². The lowest BCUT2D eigenvalue weighted by Gasteiger charge is -2.38. The number of piperidine rings is 1. The van der Waals surface area contributed by atoms with Gasteiger partial charge >= 0.3 is 5.97 Å². The van der Waals surface area contributed by atoms with Crippen molar-refractivity contribution in [3.05, 3.63) is 22.4 Å². The van der Waals surface area contributed by atoms with E-state index in [-0.39, 0.29) is 43.5 Å². The van der Waals surface area contributed by atoms with Crippen molar-refractivity contribution in [2.75, 3.05) is 13.2 Å². The van der Waals surface area contributed by atoms with E-state index >= 15 is 0 Å². The number of nitrogens with zero attached hydrogens (tertiary/aromatic N) is 1. The summed E-state index contributed by atoms with van der Waals surface area (Å²) in [5, 5.41) is 6.21. The van der Waals surface area contributed by atoms with Crippen LogP contribution in [0.15, 0.2) is 16.8 Å². The number of likely N-dealkylation sites (tertiary alicyclic amines) is 1. The molecule has 1 aliphatic heterocycles. The summed E-state index contributed by atoms with van der Waals surface area (Å²) in [5.74, 6) is -0.840. The fourth-order valence-electron chi connectivity index (χ4n) is 2.98. The molecule has 0 saturated carbocycles. The fourth-order valence-corrected chi connectivity index (χ4v) is 3.61. The molecular weight excluding hydrogens is 328 g/mol. The minimum atomic E-state index is -0.480. The Morgan fingerprint density at radius 1 is 1.29 bits per heavy atom. The molecule has 132 valence electrons. The number of amides is 2. The first kappa shape index (κ1) is 18.4. The molecule has 0 bridgehead atoms. The van der Waals surface area contributed by atoms with Gasteiger partial charge in [-0.05, 0) is 44.6 Å². The van der Waals surface area contributed by atoms with Crippen molar-refractivity contribution in [1.82, 2.24) is 10.2 Å². The van der Waals surface area contributed by atoms with Crippen molar-refractivity contribution in [3.63, 3.8) is 0 Å². The number of hydrogen-bond acceptors (Lipinski definition) is 5. The number of carbonyl (C=O) groups is 3. The van der Waals surface area contributed by atoms with Crippen LogP contribution in [0, 0.1) is 0 Å². The van der Waals surface area contributed by atoms with Crippen LogP contribution in [-0.2, 0) is 14.3 Å². The second-order valence-electron chi connectivity index (χ2n) is 6.11. The monoisotopic (exact) mass is 352 g/mol. The van der Waals surface area contributed by atoms with Gasteiger partial charge in [-0.3, -0.25) is 14.4 Å². The molecule has 6 nitrogen and oxygen atoms in total. The summed E-state index contributed by atoms with van der Waals surface area (Å²) in [6.07, 6.45) is 3.14. The van der Waals surface area contributed by atoms with Gasteiger partial charge in [0.2, 0.25) is 0 Å². The van der Waals surface area contributed by atoms with Crippen molar-refractivity contribution in [1.29, 1.82) is 0 Å². The van der Waals surface area contributed by atoms with Crippen molar-refractivity contribution in [3.8, 4) is 0 Å². The van der Waals surface area contributed by atoms with Crippen LogP contribution < -0.4 is 5.32 Å². The van der Waals surface area contributed by atoms with Crippen LogP contribution in [0.2, 0.25) is 0 Å². The summed E-state index contributed by atoms with van der Waals surface area (Å²) in [4.78, 5) is 37.5. The molecule has 1 N–H and O–H groups in total. The molecule has 2 unspecified atom stereocenters. The predicted octanol–water partition coefficient (Wildman–Crippen LogP) is 2.20. The van der Waals surface area contributed by atoms with E-state index < -0.39 is 5.97 Å². The maximum absolute atomic E-state index is 12.2. The molecule has 0 radical (unpaired) electrons. The van der Waals surface area contributed by atoms with Gasteiger partial charge in [0.1, 0.15) is 0 Å². The van der Waals surface area contributed by atoms with Crippen LogP contribution in [0.5, 0.6) is 0 Å². The highest BCUT2D eigenvalue weighted by atomic mass is 32.1. The van der Waals surface area contributed by atoms with E-state index in [0.29, 0.717) is 5.56 Å². The normalized spacial score (nSPS) is 20.5. The Bertz CT molecular complexity index is 563. The highest BCUT2D eigenvalue weighted by Gasteiger charge is 2.29. The van der Waals surface area contributed by atoms with Gasteiger partial charge in [-0.25, -0.2) is 0 Å². The SMILES string of the molecule is CC1CCCC(C)N1C(=O)COC(=O)CCNC(=O)c1ccsc1. The van der Waals surface area contributed by atoms with Gasteiger partial charge in [-0.1, -0.05) is 0 Å². The summed E-state index contributed by atoms with van der Waals surface area (Å²) in [6, 6.07) is 2.09. The first-order chi connectivity index (χ1) is 11.5. The van der Waals surface area contributed by atoms with Crippen molar-refractivity contribution in [2.45, 2.75) is 51.6 Å². The van der Waals surface area contributed by atoms with Crippen LogP contribution in [0.4, 0.5) is 0 Å². The topological polar surface area (TPSA) is 75.7 Å². The average molecular weight is 352 g/mol. The maximum atomic E-state index is 12.2. The first-order valence-corrected chi connectivity index (χ1v) is 9.20. The lowest BCUT2D eigenvalue weighted by Crippen LogP contribution is -2.49. The third-order valence-corrected chi connectivity index (χ3v) is 4.92. The molecule has 1 fully saturated rings. The second-order valence-corrected chi connectivity index (χ2v) is 6.89. The highest BCUT2D eigenvalue weighted by Crippen LogP contribution is 2.22. The van der Waals surface area contributed by atoms with E-state index in [1.54, 1.807) is 11.4 Å². The van der Waals surface area contributed by atoms with Gasteiger partial charge in [0.15, 0.2) is 6.61 Å². The number of ether oxygens (including phenoxy) is 1. The molecule has 2 heterocycles. The lowest BCUT2D eigenvalue weighted by molar-refractivity contribution is -0.154. The van der Waals surface area contributed by atoms with Crippen LogP contribution in [0.1, 0.15) is 49.9 Å². The minimum absolute atomic E-state index is 0.0499. The molecule has 1 aromatic heterocycles. The Hall–Kier alpha value is -1.89. The molecule has 1 aromatic rings. The number of carbonyl (C=O) groups excluding carboxylic acids is 3. The number of nitrogens with one attached hydrogen (secondary N) is 1. The Balaban J connectivity index is 1.67. The zero-order chi connectivity index (χ0) is 17.5. The smallest absolute Gasteiger partial charge is 0.308 e. The summed E-state index contributed by atoms with van der Waals surface area (Å²) in [6.45, 7) is 4.01. The number of esters is 1. The molecule has 0 aromatic carbocycles. The Morgan fingerprint density at radius 2 is 2.00 bits per heavy atom. The summed E-state index contributed by atoms with van der Waals surface area (Å²) in [5.41, 5.74) is 0.580. The molecule has 2 atom stereocenters. The standard InChI is InChI=1S/C17H24N2O4S/c1-12-4-3-5-13(2)19(12)15(20)10-23-16(21)6-8-18-17(22)14-7-9-24-11-14/h7,9,11-13H,3-6,8,10H2,1-2H3,(H,18,22). The van der Waals surface area contributed by atoms with Crippen LogP contribution >= 0.6 is 11.3 Å². The summed E-state index contributed by atoms with van der Waals surface area (Å²) < 4.78 is 5.05. The van der Waals surface area contributed by atoms with Crippen molar-refractivity contribution in [2.24, 2.45) is 0 Å². The van der Waals surface area contributed by atoms with Gasteiger partial charge in [0.25, 0.3) is 11.8 Å². The molecule has 24 heavy (non-hydrogen) atoms. The van der Waals surface area contributed by atoms with Gasteiger partial charge in [-0.2, -0.15) is 11.3 Å². The largest absolute Gasteiger partial charge is 0.456 e. The van der Waals surface area contributed by atoms with E-state index in [2.05, 4.69) is 5.32 Å². The average Bonchev–Trinajstić information content (AvgIpc) is 3.07. The molecule has 2 amide bonds. The molecular formula is C17H24N2O4S. The third-order valence-electron chi connectivity index (χ3n) is 4.24. The van der Waals surface area contributed by atoms with Gasteiger partial charge < -0.3 is 15.0 Å². The van der Waals surface area contributed by atoms with Gasteiger partial charge in [0, 0.05) is 29.6 Å². The summed E-state index contributed by atoms with van der Waals surface area (Å²) >= 11 is 1.44. The highest BCUT2D eigenvalue weighted by molar-refractivity contribution is 7.08. The zero-order valence-electron chi connectivity index (χ0n) is 14.1. The van der Waals surface area contributed by atoms with Crippen molar-refractivity contribution < 1.29 is 19.1 Å². The van der Waals surface area contributed by atoms with E-state index in [0.717, 1.165) is 19.3 Å². The second kappa shape index (κ2) is 8.82. The van der Waals surface area contributed by atoms with Crippen molar-refractivity contribution >= 4 is 29.1 Å². The molecule has 1 saturated heterocycles. The van der Waals surface area contributed by atoms with Gasteiger partial charge in [0.05, 0.1) is 6.42 Å². The van der Waals surface area contributed by atoms with Crippen LogP contribution in [0.3, 0.4) is 0 Å². The van der Waals surface area contributed by atoms with Gasteiger partial charge in [-0.15, -0.1) is 0 Å². The first-order valence-electron chi connectivity index (χ1n) is 8.26. The zero-order valence-corrected chi connectivity index (χ0v) is 14.9. The molecule has 0 spiro atoms. The Morgan fingerprint density at radius 3 is 2.62 bits per heavy atom. The fraction of sp³-hybridized carbons (Fsp3) is 0.588.